The van der Waals surface area contributed by atoms with Gasteiger partial charge in [-0.25, -0.2) is 4.79 Å². The molecular weight excluding hydrogens is 270 g/mol. The fourth-order valence-corrected chi connectivity index (χ4v) is 2.68. The molecule has 6 nitrogen and oxygen atoms in total. The summed E-state index contributed by atoms with van der Waals surface area (Å²) in [6.45, 7) is 0.360. The first-order chi connectivity index (χ1) is 10.1. The Balaban J connectivity index is 2.07. The van der Waals surface area contributed by atoms with Crippen LogP contribution in [0.25, 0.3) is 0 Å². The number of anilines is 2. The summed E-state index contributed by atoms with van der Waals surface area (Å²) >= 11 is 0. The number of nitrogens with one attached hydrogen (secondary N) is 2. The lowest BCUT2D eigenvalue weighted by Crippen LogP contribution is -2.40. The summed E-state index contributed by atoms with van der Waals surface area (Å²) in [5.41, 5.74) is 6.55. The van der Waals surface area contributed by atoms with E-state index >= 15 is 0 Å². The molecular formula is C15H21N3O3. The Labute approximate surface area is 124 Å². The number of nitrogens with two attached hydrogens (primary N) is 1. The molecule has 0 unspecified atom stereocenters. The number of methoxy groups -OCH3 is 1. The number of hydrogen-bond acceptors (Lipinski definition) is 4. The normalized spacial score (nSPS) is 16.3. The van der Waals surface area contributed by atoms with Gasteiger partial charge in [0, 0.05) is 17.9 Å². The molecule has 1 aliphatic rings. The summed E-state index contributed by atoms with van der Waals surface area (Å²) in [7, 11) is 1.30. The van der Waals surface area contributed by atoms with Crippen molar-refractivity contribution in [2.75, 3.05) is 24.3 Å². The second-order valence-electron chi connectivity index (χ2n) is 5.34. The molecule has 1 fully saturated rings. The average molecular weight is 291 g/mol. The Morgan fingerprint density at radius 3 is 2.43 bits per heavy atom. The van der Waals surface area contributed by atoms with Gasteiger partial charge < -0.3 is 15.8 Å². The number of amides is 2. The van der Waals surface area contributed by atoms with Gasteiger partial charge in [-0.05, 0) is 31.0 Å². The highest BCUT2D eigenvalue weighted by molar-refractivity contribution is 5.96. The summed E-state index contributed by atoms with van der Waals surface area (Å²) in [5, 5.41) is 5.46. The summed E-state index contributed by atoms with van der Waals surface area (Å²) < 4.78 is 4.54. The SMILES string of the molecule is COC(=O)Nc1cccc(NC(=O)C2(CN)CCCC2)c1. The number of ether oxygens (including phenoxy) is 1. The predicted octanol–water partition coefficient (Wildman–Crippen LogP) is 2.32. The second kappa shape index (κ2) is 6.58. The molecule has 0 saturated heterocycles. The van der Waals surface area contributed by atoms with Crippen LogP contribution in [0.3, 0.4) is 0 Å². The van der Waals surface area contributed by atoms with E-state index < -0.39 is 11.5 Å². The molecule has 0 heterocycles. The van der Waals surface area contributed by atoms with E-state index in [9.17, 15) is 9.59 Å². The fourth-order valence-electron chi connectivity index (χ4n) is 2.68. The first-order valence-corrected chi connectivity index (χ1v) is 7.06. The fraction of sp³-hybridized carbons (Fsp3) is 0.467. The van der Waals surface area contributed by atoms with E-state index in [0.717, 1.165) is 25.7 Å². The quantitative estimate of drug-likeness (QED) is 0.793. The van der Waals surface area contributed by atoms with Gasteiger partial charge in [0.1, 0.15) is 0 Å². The van der Waals surface area contributed by atoms with E-state index in [2.05, 4.69) is 15.4 Å². The Kier molecular flexibility index (Phi) is 4.80. The Morgan fingerprint density at radius 1 is 1.24 bits per heavy atom. The van der Waals surface area contributed by atoms with Gasteiger partial charge in [-0.1, -0.05) is 18.9 Å². The van der Waals surface area contributed by atoms with Gasteiger partial charge in [-0.3, -0.25) is 10.1 Å². The van der Waals surface area contributed by atoms with Gasteiger partial charge in [0.05, 0.1) is 12.5 Å². The number of benzene rings is 1. The highest BCUT2D eigenvalue weighted by Crippen LogP contribution is 2.38. The molecule has 1 aromatic carbocycles. The molecule has 114 valence electrons. The lowest BCUT2D eigenvalue weighted by atomic mass is 9.85. The zero-order valence-corrected chi connectivity index (χ0v) is 12.1. The zero-order chi connectivity index (χ0) is 15.3. The van der Waals surface area contributed by atoms with Crippen molar-refractivity contribution in [3.8, 4) is 0 Å². The van der Waals surface area contributed by atoms with Crippen LogP contribution in [0.1, 0.15) is 25.7 Å². The summed E-state index contributed by atoms with van der Waals surface area (Å²) in [6, 6.07) is 6.94. The lowest BCUT2D eigenvalue weighted by Gasteiger charge is -2.25. The van der Waals surface area contributed by atoms with Crippen molar-refractivity contribution in [2.24, 2.45) is 11.1 Å². The molecule has 6 heteroatoms. The van der Waals surface area contributed by atoms with Crippen LogP contribution in [0, 0.1) is 5.41 Å². The van der Waals surface area contributed by atoms with Crippen LogP contribution >= 0.6 is 0 Å². The van der Waals surface area contributed by atoms with Gasteiger partial charge in [0.2, 0.25) is 5.91 Å². The minimum absolute atomic E-state index is 0.0438. The number of rotatable bonds is 4. The van der Waals surface area contributed by atoms with E-state index in [1.807, 2.05) is 0 Å². The first kappa shape index (κ1) is 15.3. The molecule has 2 amide bonds. The minimum Gasteiger partial charge on any atom is -0.453 e. The number of carbonyl (C=O) groups excluding carboxylic acids is 2. The molecule has 2 rings (SSSR count). The van der Waals surface area contributed by atoms with E-state index in [1.165, 1.54) is 7.11 Å². The zero-order valence-electron chi connectivity index (χ0n) is 12.1. The van der Waals surface area contributed by atoms with Crippen molar-refractivity contribution >= 4 is 23.4 Å². The molecule has 4 N–H and O–H groups in total. The number of hydrogen-bond donors (Lipinski definition) is 3. The van der Waals surface area contributed by atoms with E-state index in [1.54, 1.807) is 24.3 Å². The van der Waals surface area contributed by atoms with Crippen LogP contribution in [-0.4, -0.2) is 25.7 Å². The second-order valence-corrected chi connectivity index (χ2v) is 5.34. The van der Waals surface area contributed by atoms with Crippen molar-refractivity contribution < 1.29 is 14.3 Å². The van der Waals surface area contributed by atoms with Crippen LogP contribution in [0.2, 0.25) is 0 Å². The van der Waals surface area contributed by atoms with Crippen molar-refractivity contribution in [3.63, 3.8) is 0 Å². The van der Waals surface area contributed by atoms with Gasteiger partial charge in [-0.15, -0.1) is 0 Å². The Bertz CT molecular complexity index is 525. The number of carbonyl (C=O) groups is 2. The van der Waals surface area contributed by atoms with Gasteiger partial charge >= 0.3 is 6.09 Å². The molecule has 0 radical (unpaired) electrons. The average Bonchev–Trinajstić information content (AvgIpc) is 2.97. The van der Waals surface area contributed by atoms with Crippen LogP contribution < -0.4 is 16.4 Å². The van der Waals surface area contributed by atoms with Gasteiger partial charge in [0.15, 0.2) is 0 Å². The standard InChI is InChI=1S/C15H21N3O3/c1-21-14(20)18-12-6-4-5-11(9-12)17-13(19)15(10-16)7-2-3-8-15/h4-6,9H,2-3,7-8,10,16H2,1H3,(H,17,19)(H,18,20). The lowest BCUT2D eigenvalue weighted by molar-refractivity contribution is -0.124. The third kappa shape index (κ3) is 3.52. The molecule has 1 aromatic rings. The summed E-state index contributed by atoms with van der Waals surface area (Å²) in [6.07, 6.45) is 3.18. The minimum atomic E-state index is -0.548. The summed E-state index contributed by atoms with van der Waals surface area (Å²) in [4.78, 5) is 23.6. The van der Waals surface area contributed by atoms with Gasteiger partial charge in [-0.2, -0.15) is 0 Å². The molecule has 0 aliphatic heterocycles. The molecule has 21 heavy (non-hydrogen) atoms. The highest BCUT2D eigenvalue weighted by Gasteiger charge is 2.39. The smallest absolute Gasteiger partial charge is 0.411 e. The largest absolute Gasteiger partial charge is 0.453 e. The maximum Gasteiger partial charge on any atom is 0.411 e. The Morgan fingerprint density at radius 2 is 1.86 bits per heavy atom. The van der Waals surface area contributed by atoms with E-state index in [0.29, 0.717) is 17.9 Å². The maximum atomic E-state index is 12.5. The topological polar surface area (TPSA) is 93.5 Å². The molecule has 0 bridgehead atoms. The highest BCUT2D eigenvalue weighted by atomic mass is 16.5. The molecule has 1 aliphatic carbocycles. The third-order valence-electron chi connectivity index (χ3n) is 3.99. The van der Waals surface area contributed by atoms with E-state index in [4.69, 9.17) is 5.73 Å². The van der Waals surface area contributed by atoms with Crippen LogP contribution in [0.5, 0.6) is 0 Å². The molecule has 0 spiro atoms. The van der Waals surface area contributed by atoms with Crippen LogP contribution in [0.4, 0.5) is 16.2 Å². The van der Waals surface area contributed by atoms with E-state index in [-0.39, 0.29) is 5.91 Å². The van der Waals surface area contributed by atoms with Crippen molar-refractivity contribution in [1.29, 1.82) is 0 Å². The van der Waals surface area contributed by atoms with Crippen molar-refractivity contribution in [3.05, 3.63) is 24.3 Å². The maximum absolute atomic E-state index is 12.5. The van der Waals surface area contributed by atoms with Crippen LogP contribution in [0.15, 0.2) is 24.3 Å². The predicted molar refractivity (Wildman–Crippen MR) is 81.1 cm³/mol. The van der Waals surface area contributed by atoms with Crippen molar-refractivity contribution in [2.45, 2.75) is 25.7 Å². The molecule has 0 atom stereocenters. The first-order valence-electron chi connectivity index (χ1n) is 7.06. The monoisotopic (exact) mass is 291 g/mol. The summed E-state index contributed by atoms with van der Waals surface area (Å²) in [5.74, 6) is -0.0438. The Hall–Kier alpha value is -2.08. The molecule has 1 saturated carbocycles. The van der Waals surface area contributed by atoms with Crippen molar-refractivity contribution in [1.82, 2.24) is 0 Å². The van der Waals surface area contributed by atoms with Crippen LogP contribution in [-0.2, 0) is 9.53 Å². The third-order valence-corrected chi connectivity index (χ3v) is 3.99. The molecule has 0 aromatic heterocycles. The van der Waals surface area contributed by atoms with Gasteiger partial charge in [0.25, 0.3) is 0 Å².